The lowest BCUT2D eigenvalue weighted by Gasteiger charge is -2.24. The van der Waals surface area contributed by atoms with Crippen molar-refractivity contribution in [2.45, 2.75) is 19.5 Å². The maximum absolute atomic E-state index is 12.1. The number of pyridine rings is 1. The van der Waals surface area contributed by atoms with Gasteiger partial charge in [0.1, 0.15) is 5.65 Å². The Morgan fingerprint density at radius 2 is 1.96 bits per heavy atom. The molecule has 3 rings (SSSR count). The Labute approximate surface area is 140 Å². The molecule has 0 unspecified atom stereocenters. The molecule has 0 radical (unpaired) electrons. The van der Waals surface area contributed by atoms with Crippen molar-refractivity contribution in [3.8, 4) is 0 Å². The van der Waals surface area contributed by atoms with Crippen LogP contribution in [0, 0.1) is 0 Å². The summed E-state index contributed by atoms with van der Waals surface area (Å²) in [7, 11) is 2.02. The van der Waals surface area contributed by atoms with Crippen molar-refractivity contribution in [3.63, 3.8) is 0 Å². The lowest BCUT2D eigenvalue weighted by atomic mass is 10.1. The molecule has 0 bridgehead atoms. The predicted molar refractivity (Wildman–Crippen MR) is 92.8 cm³/mol. The van der Waals surface area contributed by atoms with Crippen LogP contribution in [-0.2, 0) is 6.54 Å². The van der Waals surface area contributed by atoms with Crippen LogP contribution in [0.3, 0.4) is 0 Å². The van der Waals surface area contributed by atoms with Gasteiger partial charge in [-0.05, 0) is 43.8 Å². The van der Waals surface area contributed by atoms with E-state index in [4.69, 9.17) is 11.6 Å². The Bertz CT molecular complexity index is 873. The zero-order chi connectivity index (χ0) is 16.4. The minimum atomic E-state index is -0.0573. The van der Waals surface area contributed by atoms with E-state index in [0.717, 1.165) is 10.7 Å². The molecule has 1 aromatic carbocycles. The van der Waals surface area contributed by atoms with Gasteiger partial charge in [-0.15, -0.1) is 0 Å². The van der Waals surface area contributed by atoms with Gasteiger partial charge < -0.3 is 0 Å². The molecule has 0 spiro atoms. The molecule has 3 aromatic rings. The number of halogens is 1. The third-order valence-corrected chi connectivity index (χ3v) is 4.30. The van der Waals surface area contributed by atoms with E-state index in [9.17, 15) is 4.79 Å². The Morgan fingerprint density at radius 3 is 2.70 bits per heavy atom. The van der Waals surface area contributed by atoms with Crippen molar-refractivity contribution < 1.29 is 0 Å². The average Bonchev–Trinajstić information content (AvgIpc) is 2.55. The molecule has 0 aliphatic heterocycles. The van der Waals surface area contributed by atoms with Gasteiger partial charge in [0.15, 0.2) is 0 Å². The van der Waals surface area contributed by atoms with Crippen molar-refractivity contribution >= 4 is 17.2 Å². The highest BCUT2D eigenvalue weighted by atomic mass is 35.5. The van der Waals surface area contributed by atoms with Gasteiger partial charge in [0.05, 0.1) is 5.69 Å². The summed E-state index contributed by atoms with van der Waals surface area (Å²) in [6.07, 6.45) is 1.73. The third kappa shape index (κ3) is 3.44. The maximum atomic E-state index is 12.1. The van der Waals surface area contributed by atoms with E-state index in [0.29, 0.717) is 12.2 Å². The lowest BCUT2D eigenvalue weighted by molar-refractivity contribution is 0.250. The second-order valence-corrected chi connectivity index (χ2v) is 6.09. The molecular formula is C18H18ClN3O. The smallest absolute Gasteiger partial charge is 0.258 e. The molecule has 5 heteroatoms. The van der Waals surface area contributed by atoms with Crippen molar-refractivity contribution in [1.82, 2.24) is 14.3 Å². The number of fused-ring (bicyclic) bond motifs is 1. The summed E-state index contributed by atoms with van der Waals surface area (Å²) in [4.78, 5) is 18.9. The van der Waals surface area contributed by atoms with Crippen molar-refractivity contribution in [2.75, 3.05) is 7.05 Å². The van der Waals surface area contributed by atoms with Crippen LogP contribution in [-0.4, -0.2) is 21.3 Å². The zero-order valence-corrected chi connectivity index (χ0v) is 13.9. The highest BCUT2D eigenvalue weighted by Gasteiger charge is 2.13. The maximum Gasteiger partial charge on any atom is 0.258 e. The number of hydrogen-bond acceptors (Lipinski definition) is 3. The second kappa shape index (κ2) is 6.52. The van der Waals surface area contributed by atoms with Gasteiger partial charge in [0.2, 0.25) is 0 Å². The van der Waals surface area contributed by atoms with Gasteiger partial charge in [-0.3, -0.25) is 14.1 Å². The van der Waals surface area contributed by atoms with E-state index in [1.807, 2.05) is 49.5 Å². The van der Waals surface area contributed by atoms with E-state index in [2.05, 4.69) is 16.8 Å². The molecule has 0 saturated heterocycles. The minimum Gasteiger partial charge on any atom is -0.294 e. The van der Waals surface area contributed by atoms with Crippen LogP contribution in [0.5, 0.6) is 0 Å². The van der Waals surface area contributed by atoms with Gasteiger partial charge in [-0.2, -0.15) is 0 Å². The van der Waals surface area contributed by atoms with Crippen LogP contribution in [0.1, 0.15) is 24.2 Å². The van der Waals surface area contributed by atoms with E-state index < -0.39 is 0 Å². The van der Waals surface area contributed by atoms with Crippen LogP contribution in [0.4, 0.5) is 0 Å². The fourth-order valence-corrected chi connectivity index (χ4v) is 2.70. The molecule has 23 heavy (non-hydrogen) atoms. The molecule has 1 atom stereocenters. The van der Waals surface area contributed by atoms with E-state index in [1.54, 1.807) is 16.7 Å². The summed E-state index contributed by atoms with van der Waals surface area (Å²) in [6.45, 7) is 2.72. The summed E-state index contributed by atoms with van der Waals surface area (Å²) < 4.78 is 1.55. The van der Waals surface area contributed by atoms with Gasteiger partial charge in [0.25, 0.3) is 5.56 Å². The molecule has 0 aliphatic carbocycles. The minimum absolute atomic E-state index is 0.0573. The molecule has 2 aromatic heterocycles. The Kier molecular flexibility index (Phi) is 4.46. The van der Waals surface area contributed by atoms with Crippen molar-refractivity contribution in [3.05, 3.63) is 81.4 Å². The average molecular weight is 328 g/mol. The van der Waals surface area contributed by atoms with Crippen LogP contribution in [0.2, 0.25) is 5.02 Å². The Balaban J connectivity index is 1.83. The van der Waals surface area contributed by atoms with Crippen molar-refractivity contribution in [1.29, 1.82) is 0 Å². The summed E-state index contributed by atoms with van der Waals surface area (Å²) in [5.41, 5.74) is 2.56. The lowest BCUT2D eigenvalue weighted by Crippen LogP contribution is -2.24. The molecule has 0 aliphatic rings. The molecule has 2 heterocycles. The molecule has 118 valence electrons. The molecule has 4 nitrogen and oxygen atoms in total. The second-order valence-electron chi connectivity index (χ2n) is 5.66. The van der Waals surface area contributed by atoms with E-state index in [1.165, 1.54) is 5.56 Å². The van der Waals surface area contributed by atoms with Gasteiger partial charge in [-0.25, -0.2) is 4.98 Å². The predicted octanol–water partition coefficient (Wildman–Crippen LogP) is 3.54. The van der Waals surface area contributed by atoms with Gasteiger partial charge in [0, 0.05) is 29.9 Å². The van der Waals surface area contributed by atoms with E-state index >= 15 is 0 Å². The first-order chi connectivity index (χ1) is 11.0. The van der Waals surface area contributed by atoms with Crippen LogP contribution in [0.25, 0.3) is 5.65 Å². The third-order valence-electron chi connectivity index (χ3n) is 4.05. The highest BCUT2D eigenvalue weighted by Crippen LogP contribution is 2.21. The van der Waals surface area contributed by atoms with E-state index in [-0.39, 0.29) is 11.6 Å². The fourth-order valence-electron chi connectivity index (χ4n) is 2.57. The molecule has 0 N–H and O–H groups in total. The first kappa shape index (κ1) is 15.7. The normalized spacial score (nSPS) is 12.7. The summed E-state index contributed by atoms with van der Waals surface area (Å²) >= 11 is 5.94. The molecule has 0 saturated carbocycles. The number of rotatable bonds is 4. The quantitative estimate of drug-likeness (QED) is 0.735. The monoisotopic (exact) mass is 327 g/mol. The van der Waals surface area contributed by atoms with Gasteiger partial charge >= 0.3 is 0 Å². The van der Waals surface area contributed by atoms with Crippen LogP contribution in [0.15, 0.2) is 59.5 Å². The summed E-state index contributed by atoms with van der Waals surface area (Å²) in [5, 5.41) is 0.729. The van der Waals surface area contributed by atoms with Crippen LogP contribution >= 0.6 is 11.6 Å². The number of nitrogens with zero attached hydrogens (tertiary/aromatic N) is 3. The van der Waals surface area contributed by atoms with Gasteiger partial charge in [-0.1, -0.05) is 29.8 Å². The number of aromatic nitrogens is 2. The van der Waals surface area contributed by atoms with Crippen LogP contribution < -0.4 is 5.56 Å². The molecular weight excluding hydrogens is 310 g/mol. The summed E-state index contributed by atoms with van der Waals surface area (Å²) in [5.74, 6) is 0. The first-order valence-corrected chi connectivity index (χ1v) is 7.85. The van der Waals surface area contributed by atoms with Crippen molar-refractivity contribution in [2.24, 2.45) is 0 Å². The number of benzene rings is 1. The first-order valence-electron chi connectivity index (χ1n) is 7.47. The number of hydrogen-bond donors (Lipinski definition) is 0. The largest absolute Gasteiger partial charge is 0.294 e. The fraction of sp³-hybridized carbons (Fsp3) is 0.222. The Hall–Kier alpha value is -2.17. The zero-order valence-electron chi connectivity index (χ0n) is 13.1. The highest BCUT2D eigenvalue weighted by molar-refractivity contribution is 6.30. The molecule has 0 amide bonds. The topological polar surface area (TPSA) is 37.6 Å². The summed E-state index contributed by atoms with van der Waals surface area (Å²) in [6, 6.07) is 15.2. The molecule has 0 fully saturated rings. The standard InChI is InChI=1S/C18H18ClN3O/c1-13(14-6-8-15(19)9-7-14)21(2)12-16-11-18(23)22-10-4-3-5-17(22)20-16/h3-11,13H,12H2,1-2H3/t13-/m1/s1. The Morgan fingerprint density at radius 1 is 1.22 bits per heavy atom. The SMILES string of the molecule is C[C@H](c1ccc(Cl)cc1)N(C)Cc1cc(=O)n2ccccc2n1.